The lowest BCUT2D eigenvalue weighted by Crippen LogP contribution is -2.83. The smallest absolute Gasteiger partial charge is 0.152 e. The fourth-order valence-corrected chi connectivity index (χ4v) is 6.54. The number of halogens is 1. The molecule has 2 N–H and O–H groups in total. The van der Waals surface area contributed by atoms with E-state index in [1.165, 1.54) is 42.4 Å². The highest BCUT2D eigenvalue weighted by Gasteiger charge is 2.32. The van der Waals surface area contributed by atoms with Crippen molar-refractivity contribution in [1.82, 2.24) is 9.78 Å². The first kappa shape index (κ1) is 19.9. The molecular weight excluding hydrogens is 394 g/mol. The Morgan fingerprint density at radius 2 is 2.04 bits per heavy atom. The Hall–Kier alpha value is -1.37. The molecule has 4 rings (SSSR count). The molecule has 7 heteroatoms. The molecule has 0 spiro atoms. The summed E-state index contributed by atoms with van der Waals surface area (Å²) in [4.78, 5) is 0. The van der Waals surface area contributed by atoms with Gasteiger partial charge < -0.3 is 5.32 Å². The van der Waals surface area contributed by atoms with Gasteiger partial charge in [-0.05, 0) is 63.1 Å². The van der Waals surface area contributed by atoms with E-state index in [9.17, 15) is 8.42 Å². The van der Waals surface area contributed by atoms with Crippen LogP contribution in [-0.2, 0) is 29.2 Å². The number of nitrogens with two attached hydrogens (primary N) is 1. The molecule has 28 heavy (non-hydrogen) atoms. The molecule has 1 fully saturated rings. The van der Waals surface area contributed by atoms with Crippen molar-refractivity contribution in [1.29, 1.82) is 0 Å². The monoisotopic (exact) mass is 422 g/mol. The highest BCUT2D eigenvalue weighted by molar-refractivity contribution is 7.91. The summed E-state index contributed by atoms with van der Waals surface area (Å²) in [6.07, 6.45) is 5.59. The Labute approximate surface area is 172 Å². The van der Waals surface area contributed by atoms with Crippen LogP contribution < -0.4 is 5.32 Å². The standard InChI is InChI=1S/C21H28ClN3O2S/c1-14(17-8-7-16-5-3-4-6-18(16)11-17)23-12-20-15(2)24-25(21(20)22)19-9-10-28(26,27)13-19/h7-8,11,14,19,23H,3-6,9-10,12-13H2,1-2H3/p+1/t14-,19-/m1/s1. The lowest BCUT2D eigenvalue weighted by molar-refractivity contribution is -0.708. The Balaban J connectivity index is 1.46. The molecule has 0 radical (unpaired) electrons. The van der Waals surface area contributed by atoms with Crippen molar-refractivity contribution in [3.8, 4) is 0 Å². The maximum absolute atomic E-state index is 11.8. The largest absolute Gasteiger partial charge is 0.336 e. The highest BCUT2D eigenvalue weighted by atomic mass is 35.5. The molecule has 0 amide bonds. The van der Waals surface area contributed by atoms with Crippen LogP contribution in [0.15, 0.2) is 18.2 Å². The predicted molar refractivity (Wildman–Crippen MR) is 111 cm³/mol. The van der Waals surface area contributed by atoms with Gasteiger partial charge in [0.1, 0.15) is 17.7 Å². The van der Waals surface area contributed by atoms with Crippen molar-refractivity contribution in [3.05, 3.63) is 51.3 Å². The summed E-state index contributed by atoms with van der Waals surface area (Å²) in [5, 5.41) is 7.45. The summed E-state index contributed by atoms with van der Waals surface area (Å²) in [6.45, 7) is 4.92. The van der Waals surface area contributed by atoms with E-state index in [4.69, 9.17) is 11.6 Å². The van der Waals surface area contributed by atoms with Crippen LogP contribution in [0, 0.1) is 6.92 Å². The number of aryl methyl sites for hydroxylation is 3. The van der Waals surface area contributed by atoms with Gasteiger partial charge >= 0.3 is 0 Å². The normalized spacial score (nSPS) is 22.2. The number of quaternary nitrogens is 1. The van der Waals surface area contributed by atoms with Crippen LogP contribution in [0.1, 0.15) is 66.2 Å². The zero-order chi connectivity index (χ0) is 19.9. The molecule has 0 unspecified atom stereocenters. The van der Waals surface area contributed by atoms with Gasteiger partial charge in [-0.25, -0.2) is 13.1 Å². The fourth-order valence-electron chi connectivity index (χ4n) is 4.46. The van der Waals surface area contributed by atoms with E-state index >= 15 is 0 Å². The zero-order valence-corrected chi connectivity index (χ0v) is 18.2. The second-order valence-corrected chi connectivity index (χ2v) is 10.9. The maximum atomic E-state index is 11.8. The minimum absolute atomic E-state index is 0.136. The van der Waals surface area contributed by atoms with Gasteiger partial charge in [0.25, 0.3) is 0 Å². The molecule has 0 saturated carbocycles. The van der Waals surface area contributed by atoms with E-state index < -0.39 is 9.84 Å². The summed E-state index contributed by atoms with van der Waals surface area (Å²) in [6, 6.07) is 7.12. The van der Waals surface area contributed by atoms with Crippen LogP contribution in [0.5, 0.6) is 0 Å². The summed E-state index contributed by atoms with van der Waals surface area (Å²) in [5.41, 5.74) is 6.27. The van der Waals surface area contributed by atoms with Crippen molar-refractivity contribution < 1.29 is 13.7 Å². The minimum atomic E-state index is -2.96. The third-order valence-electron chi connectivity index (χ3n) is 6.27. The van der Waals surface area contributed by atoms with Gasteiger partial charge in [-0.3, -0.25) is 0 Å². The number of hydrogen-bond donors (Lipinski definition) is 1. The lowest BCUT2D eigenvalue weighted by atomic mass is 9.89. The van der Waals surface area contributed by atoms with Gasteiger partial charge in [-0.2, -0.15) is 5.10 Å². The third-order valence-corrected chi connectivity index (χ3v) is 8.42. The van der Waals surface area contributed by atoms with E-state index in [0.717, 1.165) is 17.8 Å². The molecule has 1 aliphatic carbocycles. The van der Waals surface area contributed by atoms with Crippen LogP contribution in [0.3, 0.4) is 0 Å². The minimum Gasteiger partial charge on any atom is -0.336 e. The molecule has 2 aliphatic rings. The molecule has 2 aromatic rings. The van der Waals surface area contributed by atoms with Gasteiger partial charge in [0.05, 0.1) is 28.8 Å². The molecular formula is C21H29ClN3O2S+. The van der Waals surface area contributed by atoms with E-state index in [1.807, 2.05) is 6.92 Å². The average molecular weight is 423 g/mol. The summed E-state index contributed by atoms with van der Waals surface area (Å²) < 4.78 is 25.3. The fraction of sp³-hybridized carbons (Fsp3) is 0.571. The number of nitrogens with zero attached hydrogens (tertiary/aromatic N) is 2. The van der Waals surface area contributed by atoms with Crippen LogP contribution in [0.2, 0.25) is 5.15 Å². The van der Waals surface area contributed by atoms with Crippen molar-refractivity contribution in [2.75, 3.05) is 11.5 Å². The van der Waals surface area contributed by atoms with Crippen LogP contribution in [-0.4, -0.2) is 29.7 Å². The topological polar surface area (TPSA) is 68.6 Å². The molecule has 2 atom stereocenters. The lowest BCUT2D eigenvalue weighted by Gasteiger charge is -2.18. The Morgan fingerprint density at radius 1 is 1.29 bits per heavy atom. The maximum Gasteiger partial charge on any atom is 0.152 e. The van der Waals surface area contributed by atoms with Crippen molar-refractivity contribution in [2.45, 2.75) is 64.6 Å². The number of aromatic nitrogens is 2. The van der Waals surface area contributed by atoms with Crippen molar-refractivity contribution >= 4 is 21.4 Å². The number of rotatable bonds is 5. The van der Waals surface area contributed by atoms with Crippen molar-refractivity contribution in [3.63, 3.8) is 0 Å². The van der Waals surface area contributed by atoms with E-state index in [-0.39, 0.29) is 17.5 Å². The van der Waals surface area contributed by atoms with E-state index in [0.29, 0.717) is 17.6 Å². The van der Waals surface area contributed by atoms with Gasteiger partial charge in [-0.1, -0.05) is 23.7 Å². The van der Waals surface area contributed by atoms with Crippen LogP contribution in [0.25, 0.3) is 0 Å². The SMILES string of the molecule is Cc1nn([C@@H]2CCS(=O)(=O)C2)c(Cl)c1C[NH2+][C@H](C)c1ccc2c(c1)CCCC2. The third kappa shape index (κ3) is 4.00. The van der Waals surface area contributed by atoms with Gasteiger partial charge in [0.15, 0.2) is 9.84 Å². The second-order valence-electron chi connectivity index (χ2n) is 8.32. The number of hydrogen-bond acceptors (Lipinski definition) is 3. The van der Waals surface area contributed by atoms with E-state index in [2.05, 4.69) is 35.5 Å². The molecule has 1 aliphatic heterocycles. The van der Waals surface area contributed by atoms with E-state index in [1.54, 1.807) is 4.68 Å². The van der Waals surface area contributed by atoms with Crippen LogP contribution in [0.4, 0.5) is 0 Å². The number of sulfone groups is 1. The Morgan fingerprint density at radius 3 is 2.75 bits per heavy atom. The molecule has 0 bridgehead atoms. The predicted octanol–water partition coefficient (Wildman–Crippen LogP) is 2.91. The second kappa shape index (κ2) is 7.81. The van der Waals surface area contributed by atoms with Crippen LogP contribution >= 0.6 is 11.6 Å². The van der Waals surface area contributed by atoms with Gasteiger partial charge in [0.2, 0.25) is 0 Å². The highest BCUT2D eigenvalue weighted by Crippen LogP contribution is 2.30. The molecule has 152 valence electrons. The Kier molecular flexibility index (Phi) is 5.55. The summed E-state index contributed by atoms with van der Waals surface area (Å²) >= 11 is 6.61. The molecule has 1 saturated heterocycles. The molecule has 1 aromatic carbocycles. The first-order valence-electron chi connectivity index (χ1n) is 10.2. The number of benzene rings is 1. The number of fused-ring (bicyclic) bond motifs is 1. The first-order chi connectivity index (χ1) is 13.3. The quantitative estimate of drug-likeness (QED) is 0.805. The Bertz CT molecular complexity index is 984. The summed E-state index contributed by atoms with van der Waals surface area (Å²) in [5.74, 6) is 0.367. The molecule has 2 heterocycles. The first-order valence-corrected chi connectivity index (χ1v) is 12.4. The van der Waals surface area contributed by atoms with Gasteiger partial charge in [-0.15, -0.1) is 0 Å². The van der Waals surface area contributed by atoms with Crippen molar-refractivity contribution in [2.24, 2.45) is 0 Å². The average Bonchev–Trinajstić information content (AvgIpc) is 3.18. The zero-order valence-electron chi connectivity index (χ0n) is 16.6. The molecule has 5 nitrogen and oxygen atoms in total. The molecule has 1 aromatic heterocycles. The summed E-state index contributed by atoms with van der Waals surface area (Å²) in [7, 11) is -2.96. The van der Waals surface area contributed by atoms with Gasteiger partial charge in [0, 0.05) is 5.56 Å².